The fraction of sp³-hybridized carbons (Fsp3) is 0.818. The first-order chi connectivity index (χ1) is 6.45. The predicted molar refractivity (Wildman–Crippen MR) is 52.7 cm³/mol. The van der Waals surface area contributed by atoms with Crippen LogP contribution >= 0.6 is 0 Å². The minimum atomic E-state index is -0.660. The summed E-state index contributed by atoms with van der Waals surface area (Å²) in [7, 11) is 0. The van der Waals surface area contributed by atoms with Gasteiger partial charge in [0.05, 0.1) is 5.41 Å². The van der Waals surface area contributed by atoms with Crippen LogP contribution < -0.4 is 0 Å². The Morgan fingerprint density at radius 3 is 2.07 bits per heavy atom. The molecule has 14 heavy (non-hydrogen) atoms. The van der Waals surface area contributed by atoms with Crippen LogP contribution in [0.2, 0.25) is 0 Å². The van der Waals surface area contributed by atoms with E-state index in [1.807, 2.05) is 0 Å². The smallest absolute Gasteiger partial charge is 0.375 e. The summed E-state index contributed by atoms with van der Waals surface area (Å²) < 4.78 is 5.14. The van der Waals surface area contributed by atoms with Crippen LogP contribution in [0.25, 0.3) is 0 Å². The molecule has 0 saturated carbocycles. The molecule has 0 aliphatic carbocycles. The maximum Gasteiger partial charge on any atom is 0.375 e. The van der Waals surface area contributed by atoms with E-state index in [1.165, 1.54) is 0 Å². The normalized spacial score (nSPS) is 25.6. The van der Waals surface area contributed by atoms with Gasteiger partial charge in [0.1, 0.15) is 6.10 Å². The van der Waals surface area contributed by atoms with Crippen molar-refractivity contribution in [2.45, 2.75) is 46.6 Å². The van der Waals surface area contributed by atoms with E-state index < -0.39 is 11.4 Å². The lowest BCUT2D eigenvalue weighted by Crippen LogP contribution is -2.35. The predicted octanol–water partition coefficient (Wildman–Crippen LogP) is 1.94. The van der Waals surface area contributed by atoms with Gasteiger partial charge in [0.15, 0.2) is 0 Å². The third-order valence-electron chi connectivity index (χ3n) is 3.19. The molecule has 1 atom stereocenters. The number of cyclic esters (lactones) is 1. The van der Waals surface area contributed by atoms with E-state index >= 15 is 0 Å². The Kier molecular flexibility index (Phi) is 2.98. The molecular formula is C11H18O3. The number of carbonyl (C=O) groups is 2. The number of rotatable bonds is 3. The Morgan fingerprint density at radius 2 is 1.79 bits per heavy atom. The lowest BCUT2D eigenvalue weighted by atomic mass is 9.76. The average molecular weight is 198 g/mol. The third kappa shape index (κ3) is 1.56. The Bertz CT molecular complexity index is 251. The number of hydrogen-bond acceptors (Lipinski definition) is 3. The van der Waals surface area contributed by atoms with Crippen molar-refractivity contribution in [1.29, 1.82) is 0 Å². The highest BCUT2D eigenvalue weighted by atomic mass is 16.6. The Balaban J connectivity index is 2.91. The fourth-order valence-electron chi connectivity index (χ4n) is 2.11. The molecule has 0 N–H and O–H groups in total. The molecule has 0 radical (unpaired) electrons. The van der Waals surface area contributed by atoms with E-state index in [4.69, 9.17) is 4.74 Å². The molecule has 0 aromatic rings. The van der Waals surface area contributed by atoms with Crippen LogP contribution in [0.5, 0.6) is 0 Å². The number of esters is 1. The van der Waals surface area contributed by atoms with E-state index in [0.29, 0.717) is 5.92 Å². The van der Waals surface area contributed by atoms with Gasteiger partial charge in [0.2, 0.25) is 5.78 Å². The van der Waals surface area contributed by atoms with E-state index in [2.05, 4.69) is 13.8 Å². The van der Waals surface area contributed by atoms with Gasteiger partial charge in [-0.2, -0.15) is 0 Å². The van der Waals surface area contributed by atoms with Crippen molar-refractivity contribution in [1.82, 2.24) is 0 Å². The zero-order valence-corrected chi connectivity index (χ0v) is 9.29. The van der Waals surface area contributed by atoms with Crippen molar-refractivity contribution >= 4 is 11.8 Å². The molecule has 80 valence electrons. The van der Waals surface area contributed by atoms with Gasteiger partial charge in [-0.05, 0) is 32.6 Å². The molecule has 0 bridgehead atoms. The van der Waals surface area contributed by atoms with Crippen LogP contribution in [0.15, 0.2) is 0 Å². The van der Waals surface area contributed by atoms with Crippen molar-refractivity contribution in [2.24, 2.45) is 11.3 Å². The summed E-state index contributed by atoms with van der Waals surface area (Å²) in [6.45, 7) is 7.70. The van der Waals surface area contributed by atoms with E-state index in [-0.39, 0.29) is 11.9 Å². The third-order valence-corrected chi connectivity index (χ3v) is 3.19. The van der Waals surface area contributed by atoms with Gasteiger partial charge in [-0.1, -0.05) is 13.8 Å². The van der Waals surface area contributed by atoms with Crippen LogP contribution in [-0.2, 0) is 14.3 Å². The lowest BCUT2D eigenvalue weighted by Gasteiger charge is -2.28. The number of ketones is 1. The second-order valence-corrected chi connectivity index (χ2v) is 4.45. The maximum absolute atomic E-state index is 11.5. The van der Waals surface area contributed by atoms with Crippen LogP contribution in [0.4, 0.5) is 0 Å². The van der Waals surface area contributed by atoms with E-state index in [1.54, 1.807) is 13.8 Å². The van der Waals surface area contributed by atoms with Crippen LogP contribution in [0, 0.1) is 11.3 Å². The van der Waals surface area contributed by atoms with E-state index in [0.717, 1.165) is 12.8 Å². The number of ether oxygens (including phenoxy) is 1. The summed E-state index contributed by atoms with van der Waals surface area (Å²) in [5.74, 6) is -0.748. The first kappa shape index (κ1) is 11.2. The molecule has 0 spiro atoms. The minimum Gasteiger partial charge on any atom is -0.455 e. The van der Waals surface area contributed by atoms with Gasteiger partial charge < -0.3 is 4.74 Å². The molecule has 1 saturated heterocycles. The molecule has 1 rings (SSSR count). The Morgan fingerprint density at radius 1 is 1.29 bits per heavy atom. The van der Waals surface area contributed by atoms with Crippen molar-refractivity contribution < 1.29 is 14.3 Å². The zero-order valence-electron chi connectivity index (χ0n) is 9.29. The zero-order chi connectivity index (χ0) is 10.9. The highest BCUT2D eigenvalue weighted by Gasteiger charge is 2.52. The van der Waals surface area contributed by atoms with Crippen LogP contribution in [0.1, 0.15) is 40.5 Å². The van der Waals surface area contributed by atoms with Gasteiger partial charge in [-0.3, -0.25) is 4.79 Å². The van der Waals surface area contributed by atoms with E-state index in [9.17, 15) is 9.59 Å². The summed E-state index contributed by atoms with van der Waals surface area (Å²) in [5, 5.41) is 0. The molecule has 3 heteroatoms. The summed E-state index contributed by atoms with van der Waals surface area (Å²) in [5.41, 5.74) is -0.645. The standard InChI is InChI=1S/C11H18O3/c1-5-7(6-2)9-11(3,4)8(12)10(13)14-9/h7,9H,5-6H2,1-4H3. The molecule has 1 aliphatic rings. The highest BCUT2D eigenvalue weighted by molar-refractivity contribution is 6.37. The Hall–Kier alpha value is -0.860. The molecule has 1 fully saturated rings. The second-order valence-electron chi connectivity index (χ2n) is 4.45. The molecular weight excluding hydrogens is 180 g/mol. The lowest BCUT2D eigenvalue weighted by molar-refractivity contribution is -0.150. The van der Waals surface area contributed by atoms with Crippen LogP contribution in [0.3, 0.4) is 0 Å². The van der Waals surface area contributed by atoms with Gasteiger partial charge in [-0.15, -0.1) is 0 Å². The van der Waals surface area contributed by atoms with Gasteiger partial charge in [0, 0.05) is 0 Å². The number of hydrogen-bond donors (Lipinski definition) is 0. The molecule has 3 nitrogen and oxygen atoms in total. The summed E-state index contributed by atoms with van der Waals surface area (Å²) >= 11 is 0. The van der Waals surface area contributed by atoms with Crippen molar-refractivity contribution in [3.8, 4) is 0 Å². The van der Waals surface area contributed by atoms with Gasteiger partial charge in [-0.25, -0.2) is 4.79 Å². The first-order valence-corrected chi connectivity index (χ1v) is 5.20. The van der Waals surface area contributed by atoms with Gasteiger partial charge in [0.25, 0.3) is 0 Å². The quantitative estimate of drug-likeness (QED) is 0.514. The average Bonchev–Trinajstić information content (AvgIpc) is 2.33. The van der Waals surface area contributed by atoms with Crippen molar-refractivity contribution in [3.05, 3.63) is 0 Å². The van der Waals surface area contributed by atoms with Crippen LogP contribution in [-0.4, -0.2) is 17.9 Å². The largest absolute Gasteiger partial charge is 0.455 e. The Labute approximate surface area is 84.8 Å². The minimum absolute atomic E-state index is 0.238. The molecule has 0 aromatic heterocycles. The highest BCUT2D eigenvalue weighted by Crippen LogP contribution is 2.38. The summed E-state index contributed by atoms with van der Waals surface area (Å²) in [4.78, 5) is 22.7. The molecule has 0 amide bonds. The molecule has 1 unspecified atom stereocenters. The maximum atomic E-state index is 11.5. The second kappa shape index (κ2) is 3.71. The van der Waals surface area contributed by atoms with Gasteiger partial charge >= 0.3 is 5.97 Å². The first-order valence-electron chi connectivity index (χ1n) is 5.20. The number of carbonyl (C=O) groups excluding carboxylic acids is 2. The SMILES string of the molecule is CCC(CC)C1OC(=O)C(=O)C1(C)C. The number of Topliss-reactive ketones (excluding diaryl/α,β-unsaturated/α-hetero) is 1. The monoisotopic (exact) mass is 198 g/mol. The fourth-order valence-corrected chi connectivity index (χ4v) is 2.11. The molecule has 1 aliphatic heterocycles. The molecule has 0 aromatic carbocycles. The van der Waals surface area contributed by atoms with Crippen molar-refractivity contribution in [3.63, 3.8) is 0 Å². The van der Waals surface area contributed by atoms with Crippen molar-refractivity contribution in [2.75, 3.05) is 0 Å². The topological polar surface area (TPSA) is 43.4 Å². The summed E-state index contributed by atoms with van der Waals surface area (Å²) in [6.07, 6.45) is 1.63. The molecule has 1 heterocycles. The summed E-state index contributed by atoms with van der Waals surface area (Å²) in [6, 6.07) is 0.